The third-order valence-corrected chi connectivity index (χ3v) is 5.56. The molecular formula is C19H13ClN4O2S. The van der Waals surface area contributed by atoms with Gasteiger partial charge < -0.3 is 5.73 Å². The molecule has 4 aromatic rings. The maximum atomic E-state index is 11.7. The van der Waals surface area contributed by atoms with Gasteiger partial charge in [-0.15, -0.1) is 0 Å². The first kappa shape index (κ1) is 17.4. The first-order chi connectivity index (χ1) is 12.9. The lowest BCUT2D eigenvalue weighted by atomic mass is 9.98. The van der Waals surface area contributed by atoms with Crippen LogP contribution in [0.1, 0.15) is 0 Å². The molecule has 0 aliphatic heterocycles. The minimum absolute atomic E-state index is 0.131. The molecule has 0 saturated heterocycles. The summed E-state index contributed by atoms with van der Waals surface area (Å²) in [5.41, 5.74) is 9.85. The smallest absolute Gasteiger partial charge is 0.264 e. The molecule has 3 heterocycles. The molecule has 1 aromatic carbocycles. The van der Waals surface area contributed by atoms with Crippen molar-refractivity contribution < 1.29 is 8.42 Å². The number of rotatable bonds is 3. The van der Waals surface area contributed by atoms with Gasteiger partial charge >= 0.3 is 0 Å². The molecule has 8 heteroatoms. The van der Waals surface area contributed by atoms with Crippen LogP contribution < -0.4 is 5.73 Å². The number of nitrogens with zero attached hydrogens (tertiary/aromatic N) is 3. The molecule has 0 unspecified atom stereocenters. The Morgan fingerprint density at radius 3 is 2.37 bits per heavy atom. The average molecular weight is 397 g/mol. The molecule has 0 aliphatic rings. The summed E-state index contributed by atoms with van der Waals surface area (Å²) >= 11 is 0. The molecule has 0 aliphatic carbocycles. The number of fused-ring (bicyclic) bond motifs is 1. The number of halogens is 1. The Balaban J connectivity index is 1.92. The third-order valence-electron chi connectivity index (χ3n) is 4.21. The van der Waals surface area contributed by atoms with Crippen molar-refractivity contribution in [2.45, 2.75) is 4.90 Å². The van der Waals surface area contributed by atoms with Crippen LogP contribution in [-0.2, 0) is 9.05 Å². The first-order valence-corrected chi connectivity index (χ1v) is 10.2. The van der Waals surface area contributed by atoms with Crippen molar-refractivity contribution in [3.8, 4) is 22.3 Å². The monoisotopic (exact) mass is 396 g/mol. The van der Waals surface area contributed by atoms with Crippen molar-refractivity contribution in [3.05, 3.63) is 67.3 Å². The van der Waals surface area contributed by atoms with Crippen molar-refractivity contribution in [1.82, 2.24) is 15.0 Å². The van der Waals surface area contributed by atoms with Crippen molar-refractivity contribution in [2.24, 2.45) is 0 Å². The van der Waals surface area contributed by atoms with Gasteiger partial charge in [0.05, 0.1) is 5.52 Å². The van der Waals surface area contributed by atoms with Crippen molar-refractivity contribution in [3.63, 3.8) is 0 Å². The van der Waals surface area contributed by atoms with E-state index < -0.39 is 9.05 Å². The van der Waals surface area contributed by atoms with E-state index in [-0.39, 0.29) is 10.7 Å². The Morgan fingerprint density at radius 2 is 1.63 bits per heavy atom. The predicted octanol–water partition coefficient (Wildman–Crippen LogP) is 3.87. The SMILES string of the molecule is Nc1ncc(-c2ccc3nccc(-c4ccncc4)c3c2)cc1S(=O)(=O)Cl. The number of hydrogen-bond donors (Lipinski definition) is 1. The van der Waals surface area contributed by atoms with Crippen LogP contribution in [0.2, 0.25) is 0 Å². The molecule has 0 bridgehead atoms. The van der Waals surface area contributed by atoms with E-state index in [1.54, 1.807) is 18.6 Å². The zero-order valence-corrected chi connectivity index (χ0v) is 15.4. The Morgan fingerprint density at radius 1 is 0.852 bits per heavy atom. The lowest BCUT2D eigenvalue weighted by molar-refractivity contribution is 0.609. The molecule has 3 aromatic heterocycles. The Kier molecular flexibility index (Phi) is 4.25. The summed E-state index contributed by atoms with van der Waals surface area (Å²) in [5.74, 6) is -0.131. The van der Waals surface area contributed by atoms with Crippen LogP contribution in [-0.4, -0.2) is 23.4 Å². The topological polar surface area (TPSA) is 98.8 Å². The Hall–Kier alpha value is -3.03. The zero-order valence-electron chi connectivity index (χ0n) is 13.9. The first-order valence-electron chi connectivity index (χ1n) is 7.93. The van der Waals surface area contributed by atoms with Gasteiger partial charge in [0, 0.05) is 46.4 Å². The van der Waals surface area contributed by atoms with Gasteiger partial charge in [0.1, 0.15) is 10.7 Å². The molecule has 6 nitrogen and oxygen atoms in total. The molecule has 0 spiro atoms. The number of pyridine rings is 3. The number of nitrogens with two attached hydrogens (primary N) is 1. The molecule has 4 rings (SSSR count). The predicted molar refractivity (Wildman–Crippen MR) is 106 cm³/mol. The van der Waals surface area contributed by atoms with E-state index >= 15 is 0 Å². The summed E-state index contributed by atoms with van der Waals surface area (Å²) < 4.78 is 23.4. The quantitative estimate of drug-likeness (QED) is 0.528. The highest BCUT2D eigenvalue weighted by atomic mass is 35.7. The second kappa shape index (κ2) is 6.61. The number of aromatic nitrogens is 3. The molecule has 0 amide bonds. The lowest BCUT2D eigenvalue weighted by Gasteiger charge is -2.10. The summed E-state index contributed by atoms with van der Waals surface area (Å²) in [5, 5.41) is 0.924. The third kappa shape index (κ3) is 3.34. The normalized spacial score (nSPS) is 11.6. The van der Waals surface area contributed by atoms with Crippen molar-refractivity contribution >= 4 is 36.5 Å². The van der Waals surface area contributed by atoms with Gasteiger partial charge in [-0.3, -0.25) is 9.97 Å². The highest BCUT2D eigenvalue weighted by molar-refractivity contribution is 8.13. The highest BCUT2D eigenvalue weighted by Gasteiger charge is 2.17. The number of hydrogen-bond acceptors (Lipinski definition) is 6. The van der Waals surface area contributed by atoms with Crippen LogP contribution >= 0.6 is 10.7 Å². The van der Waals surface area contributed by atoms with Crippen LogP contribution in [0.4, 0.5) is 5.82 Å². The van der Waals surface area contributed by atoms with Gasteiger partial charge in [-0.2, -0.15) is 0 Å². The van der Waals surface area contributed by atoms with Crippen molar-refractivity contribution in [1.29, 1.82) is 0 Å². The molecular weight excluding hydrogens is 384 g/mol. The van der Waals surface area contributed by atoms with Crippen LogP contribution in [0.15, 0.2) is 72.1 Å². The van der Waals surface area contributed by atoms with Gasteiger partial charge in [0.15, 0.2) is 0 Å². The average Bonchev–Trinajstić information content (AvgIpc) is 2.67. The van der Waals surface area contributed by atoms with Gasteiger partial charge in [-0.1, -0.05) is 6.07 Å². The van der Waals surface area contributed by atoms with E-state index in [0.717, 1.165) is 27.6 Å². The second-order valence-corrected chi connectivity index (χ2v) is 8.41. The largest absolute Gasteiger partial charge is 0.383 e. The summed E-state index contributed by atoms with van der Waals surface area (Å²) in [4.78, 5) is 12.2. The summed E-state index contributed by atoms with van der Waals surface area (Å²) in [7, 11) is 1.47. The fourth-order valence-corrected chi connectivity index (χ4v) is 3.86. The van der Waals surface area contributed by atoms with Gasteiger partial charge in [0.2, 0.25) is 0 Å². The maximum absolute atomic E-state index is 11.7. The Bertz CT molecular complexity index is 1260. The van der Waals surface area contributed by atoms with Crippen LogP contribution in [0.3, 0.4) is 0 Å². The van der Waals surface area contributed by atoms with Gasteiger partial charge in [-0.25, -0.2) is 13.4 Å². The van der Waals surface area contributed by atoms with Crippen molar-refractivity contribution in [2.75, 3.05) is 5.73 Å². The van der Waals surface area contributed by atoms with E-state index in [4.69, 9.17) is 16.4 Å². The van der Waals surface area contributed by atoms with Gasteiger partial charge in [-0.05, 0) is 53.1 Å². The van der Waals surface area contributed by atoms with Crippen LogP contribution in [0.5, 0.6) is 0 Å². The molecule has 0 atom stereocenters. The summed E-state index contributed by atoms with van der Waals surface area (Å²) in [6.07, 6.45) is 6.73. The molecule has 2 N–H and O–H groups in total. The number of benzene rings is 1. The second-order valence-electron chi connectivity index (χ2n) is 5.87. The molecule has 0 saturated carbocycles. The molecule has 27 heavy (non-hydrogen) atoms. The highest BCUT2D eigenvalue weighted by Crippen LogP contribution is 2.32. The van der Waals surface area contributed by atoms with Crippen LogP contribution in [0, 0.1) is 0 Å². The fourth-order valence-electron chi connectivity index (χ4n) is 2.92. The van der Waals surface area contributed by atoms with E-state index in [0.29, 0.717) is 5.56 Å². The number of nitrogen functional groups attached to an aromatic ring is 1. The van der Waals surface area contributed by atoms with Crippen LogP contribution in [0.25, 0.3) is 33.2 Å². The fraction of sp³-hybridized carbons (Fsp3) is 0. The summed E-state index contributed by atoms with van der Waals surface area (Å²) in [6, 6.07) is 12.9. The molecule has 134 valence electrons. The van der Waals surface area contributed by atoms with E-state index in [1.165, 1.54) is 12.3 Å². The van der Waals surface area contributed by atoms with Gasteiger partial charge in [0.25, 0.3) is 9.05 Å². The standard InChI is InChI=1S/C19H13ClN4O2S/c20-27(25,26)18-10-14(11-24-19(18)21)13-1-2-17-16(9-13)15(5-8-23-17)12-3-6-22-7-4-12/h1-11H,(H2,21,24). The summed E-state index contributed by atoms with van der Waals surface area (Å²) in [6.45, 7) is 0. The van der Waals surface area contributed by atoms with E-state index in [1.807, 2.05) is 36.4 Å². The lowest BCUT2D eigenvalue weighted by Crippen LogP contribution is -2.01. The van der Waals surface area contributed by atoms with E-state index in [9.17, 15) is 8.42 Å². The Labute approximate surface area is 160 Å². The van der Waals surface area contributed by atoms with E-state index in [2.05, 4.69) is 15.0 Å². The molecule has 0 radical (unpaired) electrons. The minimum Gasteiger partial charge on any atom is -0.383 e. The zero-order chi connectivity index (χ0) is 19.0. The maximum Gasteiger partial charge on any atom is 0.264 e. The minimum atomic E-state index is -3.99. The molecule has 0 fully saturated rings. The number of anilines is 1.